The highest BCUT2D eigenvalue weighted by atomic mass is 32.2. The normalized spacial score (nSPS) is 11.8. The average molecular weight is 430 g/mol. The Balaban J connectivity index is 1.66. The van der Waals surface area contributed by atoms with Gasteiger partial charge in [-0.2, -0.15) is 0 Å². The van der Waals surface area contributed by atoms with Crippen molar-refractivity contribution in [2.24, 2.45) is 0 Å². The van der Waals surface area contributed by atoms with Crippen molar-refractivity contribution in [3.63, 3.8) is 0 Å². The van der Waals surface area contributed by atoms with E-state index in [1.165, 1.54) is 23.1 Å². The molecule has 0 saturated heterocycles. The summed E-state index contributed by atoms with van der Waals surface area (Å²) in [5.74, 6) is 1.31. The number of anilines is 1. The van der Waals surface area contributed by atoms with Crippen molar-refractivity contribution >= 4 is 34.1 Å². The van der Waals surface area contributed by atoms with Crippen molar-refractivity contribution in [3.8, 4) is 5.75 Å². The first-order valence-corrected chi connectivity index (χ1v) is 10.8. The summed E-state index contributed by atoms with van der Waals surface area (Å²) in [4.78, 5) is 18.0. The molecule has 3 rings (SSSR count). The molecule has 1 aromatic carbocycles. The van der Waals surface area contributed by atoms with E-state index in [0.717, 1.165) is 16.3 Å². The summed E-state index contributed by atoms with van der Waals surface area (Å²) in [6.07, 6.45) is 1.77. The summed E-state index contributed by atoms with van der Waals surface area (Å²) < 4.78 is 7.69. The quantitative estimate of drug-likeness (QED) is 0.405. The van der Waals surface area contributed by atoms with E-state index in [1.54, 1.807) is 6.08 Å². The SMILES string of the molecule is C=CCn1c(COc2ccccc2)nnc1SC(C)C(=O)Nc1nc(C)c(C)s1. The van der Waals surface area contributed by atoms with Gasteiger partial charge in [0.2, 0.25) is 5.91 Å². The van der Waals surface area contributed by atoms with E-state index in [1.807, 2.05) is 55.7 Å². The Bertz CT molecular complexity index is 965. The molecule has 0 radical (unpaired) electrons. The first-order valence-electron chi connectivity index (χ1n) is 9.10. The number of carbonyl (C=O) groups is 1. The summed E-state index contributed by atoms with van der Waals surface area (Å²) in [5.41, 5.74) is 0.930. The molecule has 0 aliphatic carbocycles. The van der Waals surface area contributed by atoms with Crippen molar-refractivity contribution in [3.05, 3.63) is 59.4 Å². The van der Waals surface area contributed by atoms with Gasteiger partial charge in [0.25, 0.3) is 0 Å². The molecule has 0 bridgehead atoms. The Kier molecular flexibility index (Phi) is 7.05. The maximum Gasteiger partial charge on any atom is 0.239 e. The highest BCUT2D eigenvalue weighted by Gasteiger charge is 2.21. The Labute approximate surface area is 178 Å². The predicted molar refractivity (Wildman–Crippen MR) is 117 cm³/mol. The van der Waals surface area contributed by atoms with E-state index in [9.17, 15) is 4.79 Å². The highest BCUT2D eigenvalue weighted by Crippen LogP contribution is 2.26. The summed E-state index contributed by atoms with van der Waals surface area (Å²) in [6, 6.07) is 9.53. The van der Waals surface area contributed by atoms with Gasteiger partial charge in [-0.1, -0.05) is 36.0 Å². The standard InChI is InChI=1S/C20H23N5O2S2/c1-5-11-25-17(12-27-16-9-7-6-8-10-16)23-24-20(25)29-15(4)18(26)22-19-21-13(2)14(3)28-19/h5-10,15H,1,11-12H2,2-4H3,(H,21,22,26). The fraction of sp³-hybridized carbons (Fsp3) is 0.300. The summed E-state index contributed by atoms with van der Waals surface area (Å²) in [6.45, 7) is 10.4. The molecule has 0 aliphatic heterocycles. The Hall–Kier alpha value is -2.65. The smallest absolute Gasteiger partial charge is 0.239 e. The minimum atomic E-state index is -0.366. The Morgan fingerprint density at radius 1 is 1.34 bits per heavy atom. The second kappa shape index (κ2) is 9.71. The number of ether oxygens (including phenoxy) is 1. The number of amides is 1. The van der Waals surface area contributed by atoms with Crippen LogP contribution < -0.4 is 10.1 Å². The van der Waals surface area contributed by atoms with Crippen LogP contribution in [0.1, 0.15) is 23.3 Å². The highest BCUT2D eigenvalue weighted by molar-refractivity contribution is 8.00. The van der Waals surface area contributed by atoms with Gasteiger partial charge in [-0.05, 0) is 32.9 Å². The van der Waals surface area contributed by atoms with Crippen molar-refractivity contribution in [2.45, 2.75) is 44.3 Å². The van der Waals surface area contributed by atoms with E-state index >= 15 is 0 Å². The number of allylic oxidation sites excluding steroid dienone is 1. The fourth-order valence-corrected chi connectivity index (χ4v) is 4.13. The van der Waals surface area contributed by atoms with Gasteiger partial charge in [0.15, 0.2) is 16.1 Å². The summed E-state index contributed by atoms with van der Waals surface area (Å²) in [7, 11) is 0. The molecule has 2 aromatic heterocycles. The third-order valence-electron chi connectivity index (χ3n) is 4.13. The zero-order valence-electron chi connectivity index (χ0n) is 16.6. The molecule has 1 unspecified atom stereocenters. The van der Waals surface area contributed by atoms with E-state index in [4.69, 9.17) is 4.74 Å². The zero-order valence-corrected chi connectivity index (χ0v) is 18.2. The lowest BCUT2D eigenvalue weighted by atomic mass is 10.3. The van der Waals surface area contributed by atoms with Gasteiger partial charge in [-0.3, -0.25) is 9.36 Å². The first kappa shape index (κ1) is 21.1. The third-order valence-corrected chi connectivity index (χ3v) is 6.20. The van der Waals surface area contributed by atoms with Gasteiger partial charge in [0.05, 0.1) is 10.9 Å². The molecule has 7 nitrogen and oxygen atoms in total. The van der Waals surface area contributed by atoms with Crippen LogP contribution in [0.4, 0.5) is 5.13 Å². The van der Waals surface area contributed by atoms with E-state index < -0.39 is 0 Å². The zero-order chi connectivity index (χ0) is 20.8. The van der Waals surface area contributed by atoms with Gasteiger partial charge in [-0.15, -0.1) is 28.1 Å². The Morgan fingerprint density at radius 3 is 2.76 bits per heavy atom. The van der Waals surface area contributed by atoms with Crippen LogP contribution in [0.25, 0.3) is 0 Å². The number of rotatable bonds is 9. The van der Waals surface area contributed by atoms with Gasteiger partial charge in [0, 0.05) is 11.4 Å². The summed E-state index contributed by atoms with van der Waals surface area (Å²) in [5, 5.41) is 12.3. The molecule has 0 fully saturated rings. The maximum absolute atomic E-state index is 12.6. The van der Waals surface area contributed by atoms with Gasteiger partial charge in [0.1, 0.15) is 12.4 Å². The molecule has 0 spiro atoms. The van der Waals surface area contributed by atoms with E-state index in [2.05, 4.69) is 27.1 Å². The van der Waals surface area contributed by atoms with Crippen LogP contribution in [0.3, 0.4) is 0 Å². The molecular formula is C20H23N5O2S2. The number of benzene rings is 1. The summed E-state index contributed by atoms with van der Waals surface area (Å²) >= 11 is 2.81. The van der Waals surface area contributed by atoms with Crippen LogP contribution in [0.2, 0.25) is 0 Å². The number of hydrogen-bond acceptors (Lipinski definition) is 7. The van der Waals surface area contributed by atoms with Crippen molar-refractivity contribution in [1.29, 1.82) is 0 Å². The second-order valence-electron chi connectivity index (χ2n) is 6.31. The second-order valence-corrected chi connectivity index (χ2v) is 8.82. The molecule has 0 saturated carbocycles. The lowest BCUT2D eigenvalue weighted by Crippen LogP contribution is -2.23. The van der Waals surface area contributed by atoms with Gasteiger partial charge >= 0.3 is 0 Å². The lowest BCUT2D eigenvalue weighted by molar-refractivity contribution is -0.115. The number of aryl methyl sites for hydroxylation is 2. The molecule has 2 heterocycles. The number of para-hydroxylation sites is 1. The molecule has 9 heteroatoms. The average Bonchev–Trinajstić information content (AvgIpc) is 3.23. The number of hydrogen-bond donors (Lipinski definition) is 1. The largest absolute Gasteiger partial charge is 0.486 e. The third kappa shape index (κ3) is 5.45. The molecule has 1 N–H and O–H groups in total. The molecule has 1 amide bonds. The molecule has 29 heavy (non-hydrogen) atoms. The number of carbonyl (C=O) groups excluding carboxylic acids is 1. The number of thiazole rings is 1. The predicted octanol–water partition coefficient (Wildman–Crippen LogP) is 4.24. The number of nitrogens with zero attached hydrogens (tertiary/aromatic N) is 4. The number of aromatic nitrogens is 4. The van der Waals surface area contributed by atoms with Crippen molar-refractivity contribution in [1.82, 2.24) is 19.7 Å². The van der Waals surface area contributed by atoms with Crippen LogP contribution in [-0.4, -0.2) is 30.9 Å². The van der Waals surface area contributed by atoms with Crippen LogP contribution in [-0.2, 0) is 17.9 Å². The molecule has 1 atom stereocenters. The monoisotopic (exact) mass is 429 g/mol. The van der Waals surface area contributed by atoms with Crippen LogP contribution >= 0.6 is 23.1 Å². The minimum absolute atomic E-state index is 0.126. The van der Waals surface area contributed by atoms with Crippen LogP contribution in [0.5, 0.6) is 5.75 Å². The molecule has 0 aliphatic rings. The fourth-order valence-electron chi connectivity index (χ4n) is 2.43. The maximum atomic E-state index is 12.6. The van der Waals surface area contributed by atoms with Crippen molar-refractivity contribution in [2.75, 3.05) is 5.32 Å². The van der Waals surface area contributed by atoms with E-state index in [0.29, 0.717) is 22.7 Å². The van der Waals surface area contributed by atoms with Gasteiger partial charge < -0.3 is 10.1 Å². The van der Waals surface area contributed by atoms with E-state index in [-0.39, 0.29) is 17.8 Å². The van der Waals surface area contributed by atoms with Gasteiger partial charge in [-0.25, -0.2) is 4.98 Å². The Morgan fingerprint density at radius 2 is 2.10 bits per heavy atom. The molecule has 152 valence electrons. The van der Waals surface area contributed by atoms with Crippen LogP contribution in [0.15, 0.2) is 48.1 Å². The topological polar surface area (TPSA) is 81.9 Å². The molecule has 3 aromatic rings. The van der Waals surface area contributed by atoms with Crippen molar-refractivity contribution < 1.29 is 9.53 Å². The lowest BCUT2D eigenvalue weighted by Gasteiger charge is -2.12. The first-order chi connectivity index (χ1) is 14.0. The molecular weight excluding hydrogens is 406 g/mol. The number of thioether (sulfide) groups is 1. The van der Waals surface area contributed by atoms with Crippen LogP contribution in [0, 0.1) is 13.8 Å². The minimum Gasteiger partial charge on any atom is -0.486 e. The number of nitrogens with one attached hydrogen (secondary N) is 1.